The highest BCUT2D eigenvalue weighted by Gasteiger charge is 2.11. The van der Waals surface area contributed by atoms with E-state index in [1.165, 1.54) is 17.7 Å². The minimum absolute atomic E-state index is 0.0229. The molecule has 2 aromatic rings. The number of carbonyl (C=O) groups is 1. The molecule has 0 unspecified atom stereocenters. The Labute approximate surface area is 137 Å². The van der Waals surface area contributed by atoms with E-state index in [1.807, 2.05) is 32.0 Å². The lowest BCUT2D eigenvalue weighted by molar-refractivity contribution is 0.0943. The Morgan fingerprint density at radius 3 is 2.68 bits per heavy atom. The number of ether oxygens (including phenoxy) is 1. The minimum Gasteiger partial charge on any atom is -0.491 e. The summed E-state index contributed by atoms with van der Waals surface area (Å²) >= 11 is 3.16. The Bertz CT molecular complexity index is 688. The molecule has 0 atom stereocenters. The number of benzene rings is 2. The van der Waals surface area contributed by atoms with Crippen LogP contribution >= 0.6 is 15.9 Å². The van der Waals surface area contributed by atoms with E-state index in [0.717, 1.165) is 11.3 Å². The van der Waals surface area contributed by atoms with Crippen LogP contribution < -0.4 is 10.1 Å². The number of aryl methyl sites for hydroxylation is 2. The van der Waals surface area contributed by atoms with Gasteiger partial charge in [0, 0.05) is 4.47 Å². The molecule has 116 valence electrons. The van der Waals surface area contributed by atoms with Crippen LogP contribution in [-0.4, -0.2) is 19.1 Å². The largest absolute Gasteiger partial charge is 0.491 e. The predicted molar refractivity (Wildman–Crippen MR) is 87.8 cm³/mol. The number of halogens is 2. The third kappa shape index (κ3) is 4.31. The van der Waals surface area contributed by atoms with E-state index in [4.69, 9.17) is 4.74 Å². The van der Waals surface area contributed by atoms with Gasteiger partial charge >= 0.3 is 0 Å². The number of carbonyl (C=O) groups excluding carboxylic acids is 1. The Kier molecular flexibility index (Phi) is 5.55. The van der Waals surface area contributed by atoms with Crippen LogP contribution in [0.25, 0.3) is 0 Å². The predicted octanol–water partition coefficient (Wildman–Crippen LogP) is 4.01. The second-order valence-electron chi connectivity index (χ2n) is 5.00. The van der Waals surface area contributed by atoms with Crippen LogP contribution in [0, 0.1) is 19.7 Å². The smallest absolute Gasteiger partial charge is 0.254 e. The second-order valence-corrected chi connectivity index (χ2v) is 5.91. The number of amides is 1. The number of nitrogens with one attached hydrogen (secondary N) is 1. The molecular formula is C17H17BrFNO2. The molecule has 22 heavy (non-hydrogen) atoms. The van der Waals surface area contributed by atoms with Crippen molar-refractivity contribution in [1.29, 1.82) is 0 Å². The average molecular weight is 366 g/mol. The molecule has 0 radical (unpaired) electrons. The molecule has 3 nitrogen and oxygen atoms in total. The van der Waals surface area contributed by atoms with Crippen LogP contribution in [0.15, 0.2) is 40.9 Å². The van der Waals surface area contributed by atoms with E-state index >= 15 is 0 Å². The van der Waals surface area contributed by atoms with E-state index in [1.54, 1.807) is 6.07 Å². The first-order valence-corrected chi connectivity index (χ1v) is 7.70. The molecule has 0 heterocycles. The van der Waals surface area contributed by atoms with Crippen molar-refractivity contribution in [3.63, 3.8) is 0 Å². The zero-order valence-electron chi connectivity index (χ0n) is 12.5. The van der Waals surface area contributed by atoms with Gasteiger partial charge in [0.15, 0.2) is 0 Å². The van der Waals surface area contributed by atoms with Crippen molar-refractivity contribution in [2.24, 2.45) is 0 Å². The fraction of sp³-hybridized carbons (Fsp3) is 0.235. The summed E-state index contributed by atoms with van der Waals surface area (Å²) < 4.78 is 19.9. The van der Waals surface area contributed by atoms with Crippen LogP contribution in [0.3, 0.4) is 0 Å². The van der Waals surface area contributed by atoms with Crippen molar-refractivity contribution in [3.8, 4) is 5.75 Å². The third-order valence-corrected chi connectivity index (χ3v) is 3.64. The fourth-order valence-corrected chi connectivity index (χ4v) is 2.39. The molecule has 0 spiro atoms. The quantitative estimate of drug-likeness (QED) is 0.812. The zero-order valence-corrected chi connectivity index (χ0v) is 14.0. The van der Waals surface area contributed by atoms with Crippen LogP contribution in [0.2, 0.25) is 0 Å². The van der Waals surface area contributed by atoms with Gasteiger partial charge in [-0.2, -0.15) is 0 Å². The lowest BCUT2D eigenvalue weighted by Crippen LogP contribution is -2.28. The Morgan fingerprint density at radius 2 is 2.00 bits per heavy atom. The Balaban J connectivity index is 1.84. The van der Waals surface area contributed by atoms with Crippen molar-refractivity contribution in [2.45, 2.75) is 13.8 Å². The lowest BCUT2D eigenvalue weighted by Gasteiger charge is -2.11. The minimum atomic E-state index is -0.554. The summed E-state index contributed by atoms with van der Waals surface area (Å²) in [5.41, 5.74) is 2.24. The van der Waals surface area contributed by atoms with Crippen molar-refractivity contribution >= 4 is 21.8 Å². The van der Waals surface area contributed by atoms with E-state index in [0.29, 0.717) is 17.6 Å². The normalized spacial score (nSPS) is 10.4. The Hall–Kier alpha value is -1.88. The van der Waals surface area contributed by atoms with Gasteiger partial charge in [0.2, 0.25) is 0 Å². The SMILES string of the molecule is Cc1ccc(OCCNC(=O)c2ccc(Br)cc2F)c(C)c1. The van der Waals surface area contributed by atoms with Crippen molar-refractivity contribution in [1.82, 2.24) is 5.32 Å². The van der Waals surface area contributed by atoms with Gasteiger partial charge in [0.1, 0.15) is 18.2 Å². The lowest BCUT2D eigenvalue weighted by atomic mass is 10.1. The molecule has 0 bridgehead atoms. The molecule has 5 heteroatoms. The molecule has 1 amide bonds. The van der Waals surface area contributed by atoms with E-state index in [2.05, 4.69) is 21.2 Å². The molecule has 2 rings (SSSR count). The summed E-state index contributed by atoms with van der Waals surface area (Å²) in [6.45, 7) is 4.62. The standard InChI is InChI=1S/C17H17BrFNO2/c1-11-3-6-16(12(2)9-11)22-8-7-20-17(21)14-5-4-13(18)10-15(14)19/h3-6,9-10H,7-8H2,1-2H3,(H,20,21). The van der Waals surface area contributed by atoms with Crippen molar-refractivity contribution < 1.29 is 13.9 Å². The molecule has 0 aliphatic heterocycles. The zero-order chi connectivity index (χ0) is 16.1. The maximum Gasteiger partial charge on any atom is 0.254 e. The van der Waals surface area contributed by atoms with Gasteiger partial charge in [-0.05, 0) is 43.7 Å². The first-order valence-electron chi connectivity index (χ1n) is 6.90. The van der Waals surface area contributed by atoms with Gasteiger partial charge in [0.05, 0.1) is 12.1 Å². The topological polar surface area (TPSA) is 38.3 Å². The molecule has 0 fully saturated rings. The second kappa shape index (κ2) is 7.40. The first kappa shape index (κ1) is 16.5. The molecule has 0 aromatic heterocycles. The summed E-state index contributed by atoms with van der Waals surface area (Å²) in [7, 11) is 0. The van der Waals surface area contributed by atoms with E-state index in [9.17, 15) is 9.18 Å². The number of hydrogen-bond donors (Lipinski definition) is 1. The van der Waals surface area contributed by atoms with Gasteiger partial charge in [-0.25, -0.2) is 4.39 Å². The molecule has 0 aliphatic carbocycles. The van der Waals surface area contributed by atoms with E-state index < -0.39 is 11.7 Å². The maximum absolute atomic E-state index is 13.6. The van der Waals surface area contributed by atoms with Crippen LogP contribution in [0.1, 0.15) is 21.5 Å². The summed E-state index contributed by atoms with van der Waals surface area (Å²) in [5, 5.41) is 2.64. The van der Waals surface area contributed by atoms with Gasteiger partial charge in [-0.15, -0.1) is 0 Å². The van der Waals surface area contributed by atoms with Crippen LogP contribution in [0.5, 0.6) is 5.75 Å². The maximum atomic E-state index is 13.6. The highest BCUT2D eigenvalue weighted by atomic mass is 79.9. The fourth-order valence-electron chi connectivity index (χ4n) is 2.06. The average Bonchev–Trinajstić information content (AvgIpc) is 2.45. The molecule has 0 saturated carbocycles. The summed E-state index contributed by atoms with van der Waals surface area (Å²) in [6.07, 6.45) is 0. The molecule has 2 aromatic carbocycles. The summed E-state index contributed by atoms with van der Waals surface area (Å²) in [6, 6.07) is 10.2. The van der Waals surface area contributed by atoms with Crippen LogP contribution in [-0.2, 0) is 0 Å². The highest BCUT2D eigenvalue weighted by molar-refractivity contribution is 9.10. The van der Waals surface area contributed by atoms with Gasteiger partial charge < -0.3 is 10.1 Å². The molecule has 0 saturated heterocycles. The summed E-state index contributed by atoms with van der Waals surface area (Å²) in [4.78, 5) is 11.9. The highest BCUT2D eigenvalue weighted by Crippen LogP contribution is 2.18. The Morgan fingerprint density at radius 1 is 1.23 bits per heavy atom. The van der Waals surface area contributed by atoms with Crippen molar-refractivity contribution in [3.05, 3.63) is 63.4 Å². The first-order chi connectivity index (χ1) is 10.5. The number of hydrogen-bond acceptors (Lipinski definition) is 2. The summed E-state index contributed by atoms with van der Waals surface area (Å²) in [5.74, 6) is -0.217. The van der Waals surface area contributed by atoms with Gasteiger partial charge in [-0.1, -0.05) is 33.6 Å². The molecule has 0 aliphatic rings. The molecular weight excluding hydrogens is 349 g/mol. The molecule has 1 N–H and O–H groups in total. The van der Waals surface area contributed by atoms with E-state index in [-0.39, 0.29) is 5.56 Å². The number of rotatable bonds is 5. The monoisotopic (exact) mass is 365 g/mol. The van der Waals surface area contributed by atoms with Gasteiger partial charge in [0.25, 0.3) is 5.91 Å². The van der Waals surface area contributed by atoms with Crippen LogP contribution in [0.4, 0.5) is 4.39 Å². The van der Waals surface area contributed by atoms with Crippen molar-refractivity contribution in [2.75, 3.05) is 13.2 Å². The van der Waals surface area contributed by atoms with Gasteiger partial charge in [-0.3, -0.25) is 4.79 Å². The third-order valence-electron chi connectivity index (χ3n) is 3.15.